The molecule has 8 heteroatoms. The Kier molecular flexibility index (Phi) is 5.12. The van der Waals surface area contributed by atoms with Crippen molar-refractivity contribution in [3.05, 3.63) is 42.1 Å². The lowest BCUT2D eigenvalue weighted by Crippen LogP contribution is -2.49. The Balaban J connectivity index is 1.32. The quantitative estimate of drug-likeness (QED) is 0.399. The number of piperidine rings is 1. The summed E-state index contributed by atoms with van der Waals surface area (Å²) < 4.78 is 10.2. The van der Waals surface area contributed by atoms with Gasteiger partial charge in [-0.1, -0.05) is 0 Å². The van der Waals surface area contributed by atoms with Gasteiger partial charge < -0.3 is 23.7 Å². The molecule has 1 saturated heterocycles. The van der Waals surface area contributed by atoms with Crippen molar-refractivity contribution in [2.75, 3.05) is 27.7 Å². The number of fused-ring (bicyclic) bond motifs is 4. The van der Waals surface area contributed by atoms with Crippen LogP contribution < -0.4 is 4.74 Å². The van der Waals surface area contributed by atoms with E-state index >= 15 is 0 Å². The molecule has 4 heterocycles. The molecule has 3 atom stereocenters. The number of hydrogen-bond donors (Lipinski definition) is 0. The van der Waals surface area contributed by atoms with Gasteiger partial charge in [0.15, 0.2) is 5.82 Å². The third-order valence-corrected chi connectivity index (χ3v) is 8.80. The third-order valence-electron chi connectivity index (χ3n) is 8.80. The fourth-order valence-corrected chi connectivity index (χ4v) is 6.78. The van der Waals surface area contributed by atoms with Crippen LogP contribution in [-0.4, -0.2) is 74.6 Å². The summed E-state index contributed by atoms with van der Waals surface area (Å²) in [5.41, 5.74) is 4.39. The number of likely N-dealkylation sites (N-methyl/N-ethyl adjacent to an activating group) is 1. The van der Waals surface area contributed by atoms with Crippen molar-refractivity contribution < 1.29 is 9.53 Å². The summed E-state index contributed by atoms with van der Waals surface area (Å²) in [6.45, 7) is 1.79. The lowest BCUT2D eigenvalue weighted by molar-refractivity contribution is 0.0595. The lowest BCUT2D eigenvalue weighted by atomic mass is 10.0. The van der Waals surface area contributed by atoms with E-state index in [-0.39, 0.29) is 11.9 Å². The molecule has 192 valence electrons. The average Bonchev–Trinajstić information content (AvgIpc) is 3.21. The van der Waals surface area contributed by atoms with Crippen molar-refractivity contribution in [3.8, 4) is 17.3 Å². The summed E-state index contributed by atoms with van der Waals surface area (Å²) in [6.07, 6.45) is 6.66. The molecular formula is C29H34N6O2. The number of ether oxygens (including phenoxy) is 1. The Morgan fingerprint density at radius 3 is 2.76 bits per heavy atom. The standard InChI is InChI=1S/C29H34N6O2/c1-32(2)22-10-18-11-23(22)35(16-18)29(36)20-12-21-26(25(14-20)37-4)33(3)28(31-21)24-13-19-6-5-9-30-27(19)34(24)15-17-7-8-17/h5-6,9,12-14,17-18,22-23H,7-8,10-11,15-16H2,1-4H3/t18-,22-,23?/m0/s1. The van der Waals surface area contributed by atoms with Gasteiger partial charge in [-0.2, -0.15) is 0 Å². The highest BCUT2D eigenvalue weighted by Crippen LogP contribution is 2.41. The highest BCUT2D eigenvalue weighted by Gasteiger charge is 2.47. The van der Waals surface area contributed by atoms with E-state index in [1.165, 1.54) is 19.3 Å². The summed E-state index contributed by atoms with van der Waals surface area (Å²) in [7, 11) is 7.94. The molecule has 1 amide bonds. The third kappa shape index (κ3) is 3.56. The van der Waals surface area contributed by atoms with Gasteiger partial charge in [-0.05, 0) is 81.9 Å². The number of aryl methyl sites for hydroxylation is 1. The van der Waals surface area contributed by atoms with Crippen LogP contribution in [0.25, 0.3) is 33.6 Å². The SMILES string of the molecule is COc1cc(C(=O)N2C[C@@H]3CC2[C@@H](N(C)C)C3)cc2nc(-c3cc4cccnc4n3CC3CC3)n(C)c12. The number of likely N-dealkylation sites (tertiary alicyclic amines) is 1. The van der Waals surface area contributed by atoms with Gasteiger partial charge in [0, 0.05) is 49.4 Å². The number of imidazole rings is 1. The van der Waals surface area contributed by atoms with E-state index in [1.807, 2.05) is 31.4 Å². The number of nitrogens with zero attached hydrogens (tertiary/aromatic N) is 6. The lowest BCUT2D eigenvalue weighted by Gasteiger charge is -2.36. The van der Waals surface area contributed by atoms with E-state index < -0.39 is 0 Å². The van der Waals surface area contributed by atoms with Gasteiger partial charge in [-0.25, -0.2) is 9.97 Å². The molecule has 4 aromatic rings. The van der Waals surface area contributed by atoms with Gasteiger partial charge in [-0.15, -0.1) is 0 Å². The van der Waals surface area contributed by atoms with Crippen LogP contribution in [0.4, 0.5) is 0 Å². The van der Waals surface area contributed by atoms with E-state index in [2.05, 4.69) is 45.2 Å². The minimum atomic E-state index is 0.0819. The van der Waals surface area contributed by atoms with Crippen LogP contribution in [0.2, 0.25) is 0 Å². The summed E-state index contributed by atoms with van der Waals surface area (Å²) in [5.74, 6) is 2.92. The number of carbonyl (C=O) groups is 1. The van der Waals surface area contributed by atoms with Gasteiger partial charge in [-0.3, -0.25) is 4.79 Å². The number of rotatable bonds is 6. The van der Waals surface area contributed by atoms with E-state index in [1.54, 1.807) is 7.11 Å². The molecule has 37 heavy (non-hydrogen) atoms. The Morgan fingerprint density at radius 1 is 1.19 bits per heavy atom. The van der Waals surface area contributed by atoms with Crippen molar-refractivity contribution >= 4 is 28.0 Å². The van der Waals surface area contributed by atoms with Gasteiger partial charge in [0.25, 0.3) is 5.91 Å². The molecule has 1 aliphatic heterocycles. The maximum Gasteiger partial charge on any atom is 0.254 e. The van der Waals surface area contributed by atoms with Crippen molar-refractivity contribution in [1.82, 2.24) is 28.9 Å². The number of pyridine rings is 1. The normalized spacial score (nSPS) is 23.2. The molecule has 3 aromatic heterocycles. The van der Waals surface area contributed by atoms with Gasteiger partial charge in [0.1, 0.15) is 16.9 Å². The van der Waals surface area contributed by atoms with Crippen LogP contribution in [0, 0.1) is 11.8 Å². The Morgan fingerprint density at radius 2 is 2.03 bits per heavy atom. The number of methoxy groups -OCH3 is 1. The van der Waals surface area contributed by atoms with E-state index in [9.17, 15) is 4.79 Å². The molecule has 0 spiro atoms. The largest absolute Gasteiger partial charge is 0.494 e. The predicted octanol–water partition coefficient (Wildman–Crippen LogP) is 4.17. The molecule has 2 aliphatic carbocycles. The second-order valence-electron chi connectivity index (χ2n) is 11.4. The minimum absolute atomic E-state index is 0.0819. The number of aromatic nitrogens is 4. The number of benzene rings is 1. The highest BCUT2D eigenvalue weighted by atomic mass is 16.5. The minimum Gasteiger partial charge on any atom is -0.494 e. The van der Waals surface area contributed by atoms with E-state index in [0.29, 0.717) is 29.2 Å². The first-order valence-electron chi connectivity index (χ1n) is 13.4. The monoisotopic (exact) mass is 498 g/mol. The second kappa shape index (κ2) is 8.31. The first-order chi connectivity index (χ1) is 17.9. The molecule has 3 aliphatic rings. The fourth-order valence-electron chi connectivity index (χ4n) is 6.78. The van der Waals surface area contributed by atoms with Crippen LogP contribution in [0.15, 0.2) is 36.5 Å². The smallest absolute Gasteiger partial charge is 0.254 e. The van der Waals surface area contributed by atoms with Gasteiger partial charge >= 0.3 is 0 Å². The molecule has 2 saturated carbocycles. The van der Waals surface area contributed by atoms with Crippen LogP contribution in [0.5, 0.6) is 5.75 Å². The zero-order valence-electron chi connectivity index (χ0n) is 22.0. The Labute approximate surface area is 216 Å². The summed E-state index contributed by atoms with van der Waals surface area (Å²) in [6, 6.07) is 10.8. The van der Waals surface area contributed by atoms with Crippen molar-refractivity contribution in [1.29, 1.82) is 0 Å². The highest BCUT2D eigenvalue weighted by molar-refractivity contribution is 6.00. The van der Waals surface area contributed by atoms with Crippen molar-refractivity contribution in [2.45, 2.75) is 44.3 Å². The molecule has 1 aromatic carbocycles. The number of carbonyl (C=O) groups excluding carboxylic acids is 1. The Hall–Kier alpha value is -3.39. The van der Waals surface area contributed by atoms with Crippen LogP contribution in [0.1, 0.15) is 36.0 Å². The zero-order valence-corrected chi connectivity index (χ0v) is 22.0. The molecule has 3 fully saturated rings. The second-order valence-corrected chi connectivity index (χ2v) is 11.4. The van der Waals surface area contributed by atoms with Crippen LogP contribution >= 0.6 is 0 Å². The van der Waals surface area contributed by atoms with Gasteiger partial charge in [0.2, 0.25) is 0 Å². The number of hydrogen-bond acceptors (Lipinski definition) is 5. The zero-order chi connectivity index (χ0) is 25.4. The first-order valence-corrected chi connectivity index (χ1v) is 13.4. The number of amides is 1. The van der Waals surface area contributed by atoms with Crippen LogP contribution in [-0.2, 0) is 13.6 Å². The topological polar surface area (TPSA) is 68.4 Å². The van der Waals surface area contributed by atoms with Crippen LogP contribution in [0.3, 0.4) is 0 Å². The van der Waals surface area contributed by atoms with E-state index in [0.717, 1.165) is 53.1 Å². The molecule has 1 unspecified atom stereocenters. The van der Waals surface area contributed by atoms with Crippen molar-refractivity contribution in [3.63, 3.8) is 0 Å². The molecule has 0 N–H and O–H groups in total. The summed E-state index contributed by atoms with van der Waals surface area (Å²) in [4.78, 5) is 27.9. The van der Waals surface area contributed by atoms with Crippen molar-refractivity contribution in [2.24, 2.45) is 18.9 Å². The average molecular weight is 499 g/mol. The summed E-state index contributed by atoms with van der Waals surface area (Å²) in [5, 5.41) is 1.12. The van der Waals surface area contributed by atoms with Gasteiger partial charge in [0.05, 0.1) is 18.3 Å². The fraction of sp³-hybridized carbons (Fsp3) is 0.483. The maximum atomic E-state index is 13.8. The molecule has 7 rings (SSSR count). The molecule has 8 nitrogen and oxygen atoms in total. The molecule has 2 bridgehead atoms. The molecule has 0 radical (unpaired) electrons. The first kappa shape index (κ1) is 22.8. The summed E-state index contributed by atoms with van der Waals surface area (Å²) >= 11 is 0. The maximum absolute atomic E-state index is 13.8. The molecular weight excluding hydrogens is 464 g/mol. The van der Waals surface area contributed by atoms with E-state index in [4.69, 9.17) is 14.7 Å². The predicted molar refractivity (Wildman–Crippen MR) is 144 cm³/mol. The Bertz CT molecular complexity index is 1530.